The predicted octanol–water partition coefficient (Wildman–Crippen LogP) is 1.34. The fourth-order valence-electron chi connectivity index (χ4n) is 2.00. The molecule has 0 amide bonds. The quantitative estimate of drug-likeness (QED) is 0.813. The van der Waals surface area contributed by atoms with E-state index in [1.807, 2.05) is 10.9 Å². The van der Waals surface area contributed by atoms with Gasteiger partial charge in [0.2, 0.25) is 0 Å². The summed E-state index contributed by atoms with van der Waals surface area (Å²) in [5.74, 6) is 0. The zero-order valence-corrected chi connectivity index (χ0v) is 9.28. The first-order valence-corrected chi connectivity index (χ1v) is 5.65. The van der Waals surface area contributed by atoms with Crippen LogP contribution in [0.25, 0.3) is 0 Å². The molecule has 1 aromatic heterocycles. The zero-order chi connectivity index (χ0) is 10.5. The van der Waals surface area contributed by atoms with Gasteiger partial charge in [0.1, 0.15) is 0 Å². The molecule has 1 atom stereocenters. The summed E-state index contributed by atoms with van der Waals surface area (Å²) >= 11 is 0. The summed E-state index contributed by atoms with van der Waals surface area (Å²) in [6.07, 6.45) is 7.95. The third-order valence-electron chi connectivity index (χ3n) is 2.89. The SMILES string of the molecule is COCCn1cc(C2CCCCN2)cn1. The molecular weight excluding hydrogens is 190 g/mol. The highest BCUT2D eigenvalue weighted by molar-refractivity contribution is 5.10. The minimum atomic E-state index is 0.509. The van der Waals surface area contributed by atoms with Gasteiger partial charge < -0.3 is 10.1 Å². The Balaban J connectivity index is 1.93. The molecule has 1 N–H and O–H groups in total. The van der Waals surface area contributed by atoms with Crippen LogP contribution in [0.5, 0.6) is 0 Å². The van der Waals surface area contributed by atoms with E-state index in [0.717, 1.165) is 19.7 Å². The highest BCUT2D eigenvalue weighted by Crippen LogP contribution is 2.21. The molecule has 2 rings (SSSR count). The van der Waals surface area contributed by atoms with E-state index < -0.39 is 0 Å². The van der Waals surface area contributed by atoms with Crippen molar-refractivity contribution >= 4 is 0 Å². The van der Waals surface area contributed by atoms with E-state index in [0.29, 0.717) is 6.04 Å². The molecule has 1 fully saturated rings. The summed E-state index contributed by atoms with van der Waals surface area (Å²) in [7, 11) is 1.72. The average Bonchev–Trinajstić information content (AvgIpc) is 2.76. The Morgan fingerprint density at radius 3 is 3.27 bits per heavy atom. The van der Waals surface area contributed by atoms with Crippen molar-refractivity contribution in [2.24, 2.45) is 0 Å². The summed E-state index contributed by atoms with van der Waals surface area (Å²) in [6.45, 7) is 2.69. The van der Waals surface area contributed by atoms with Gasteiger partial charge in [-0.15, -0.1) is 0 Å². The van der Waals surface area contributed by atoms with E-state index in [1.165, 1.54) is 24.8 Å². The Kier molecular flexibility index (Phi) is 3.75. The van der Waals surface area contributed by atoms with Crippen molar-refractivity contribution in [1.29, 1.82) is 0 Å². The number of aromatic nitrogens is 2. The van der Waals surface area contributed by atoms with E-state index in [1.54, 1.807) is 7.11 Å². The van der Waals surface area contributed by atoms with E-state index in [-0.39, 0.29) is 0 Å². The minimum Gasteiger partial charge on any atom is -0.383 e. The molecule has 1 unspecified atom stereocenters. The second kappa shape index (κ2) is 5.28. The zero-order valence-electron chi connectivity index (χ0n) is 9.28. The maximum Gasteiger partial charge on any atom is 0.0658 e. The maximum atomic E-state index is 5.02. The highest BCUT2D eigenvalue weighted by atomic mass is 16.5. The topological polar surface area (TPSA) is 39.1 Å². The molecule has 0 saturated carbocycles. The third-order valence-corrected chi connectivity index (χ3v) is 2.89. The van der Waals surface area contributed by atoms with E-state index in [2.05, 4.69) is 16.6 Å². The van der Waals surface area contributed by atoms with Crippen LogP contribution in [0, 0.1) is 0 Å². The van der Waals surface area contributed by atoms with Gasteiger partial charge in [-0.2, -0.15) is 5.10 Å². The first kappa shape index (κ1) is 10.6. The molecule has 0 aliphatic carbocycles. The lowest BCUT2D eigenvalue weighted by atomic mass is 10.0. The van der Waals surface area contributed by atoms with Gasteiger partial charge in [-0.05, 0) is 19.4 Å². The van der Waals surface area contributed by atoms with Crippen LogP contribution in [0.1, 0.15) is 30.9 Å². The van der Waals surface area contributed by atoms with E-state index in [4.69, 9.17) is 4.74 Å². The van der Waals surface area contributed by atoms with Crippen LogP contribution < -0.4 is 5.32 Å². The molecule has 0 aromatic carbocycles. The van der Waals surface area contributed by atoms with Crippen molar-refractivity contribution in [1.82, 2.24) is 15.1 Å². The molecule has 84 valence electrons. The molecule has 0 spiro atoms. The Bertz CT molecular complexity index is 292. The molecule has 1 aromatic rings. The summed E-state index contributed by atoms with van der Waals surface area (Å²) in [6, 6.07) is 0.509. The normalized spacial score (nSPS) is 21.8. The van der Waals surface area contributed by atoms with Gasteiger partial charge in [0, 0.05) is 24.9 Å². The maximum absolute atomic E-state index is 5.02. The molecule has 1 aliphatic heterocycles. The summed E-state index contributed by atoms with van der Waals surface area (Å²) in [4.78, 5) is 0. The number of methoxy groups -OCH3 is 1. The van der Waals surface area contributed by atoms with Crippen molar-refractivity contribution in [2.75, 3.05) is 20.3 Å². The van der Waals surface area contributed by atoms with Crippen molar-refractivity contribution < 1.29 is 4.74 Å². The van der Waals surface area contributed by atoms with Gasteiger partial charge in [-0.3, -0.25) is 4.68 Å². The molecule has 4 nitrogen and oxygen atoms in total. The first-order chi connectivity index (χ1) is 7.40. The van der Waals surface area contributed by atoms with Crippen LogP contribution in [-0.2, 0) is 11.3 Å². The molecule has 0 bridgehead atoms. The monoisotopic (exact) mass is 209 g/mol. The molecule has 15 heavy (non-hydrogen) atoms. The van der Waals surface area contributed by atoms with E-state index in [9.17, 15) is 0 Å². The van der Waals surface area contributed by atoms with Crippen molar-refractivity contribution in [2.45, 2.75) is 31.8 Å². The Morgan fingerprint density at radius 1 is 1.60 bits per heavy atom. The molecule has 1 saturated heterocycles. The number of hydrogen-bond donors (Lipinski definition) is 1. The van der Waals surface area contributed by atoms with Gasteiger partial charge in [0.05, 0.1) is 19.3 Å². The van der Waals surface area contributed by atoms with Crippen LogP contribution >= 0.6 is 0 Å². The molecular formula is C11H19N3O. The Labute approximate surface area is 90.6 Å². The number of nitrogens with one attached hydrogen (secondary N) is 1. The van der Waals surface area contributed by atoms with Gasteiger partial charge in [0.15, 0.2) is 0 Å². The fourth-order valence-corrected chi connectivity index (χ4v) is 2.00. The highest BCUT2D eigenvalue weighted by Gasteiger charge is 2.15. The Morgan fingerprint density at radius 2 is 2.53 bits per heavy atom. The van der Waals surface area contributed by atoms with Crippen molar-refractivity contribution in [3.8, 4) is 0 Å². The van der Waals surface area contributed by atoms with Crippen molar-refractivity contribution in [3.05, 3.63) is 18.0 Å². The summed E-state index contributed by atoms with van der Waals surface area (Å²) in [5, 5.41) is 7.85. The van der Waals surface area contributed by atoms with E-state index >= 15 is 0 Å². The summed E-state index contributed by atoms with van der Waals surface area (Å²) < 4.78 is 6.98. The Hall–Kier alpha value is -0.870. The molecule has 2 heterocycles. The fraction of sp³-hybridized carbons (Fsp3) is 0.727. The van der Waals surface area contributed by atoms with Crippen LogP contribution in [0.15, 0.2) is 12.4 Å². The van der Waals surface area contributed by atoms with Gasteiger partial charge in [-0.1, -0.05) is 6.42 Å². The number of rotatable bonds is 4. The second-order valence-electron chi connectivity index (χ2n) is 4.03. The van der Waals surface area contributed by atoms with Gasteiger partial charge >= 0.3 is 0 Å². The van der Waals surface area contributed by atoms with Crippen LogP contribution in [0.2, 0.25) is 0 Å². The molecule has 0 radical (unpaired) electrons. The van der Waals surface area contributed by atoms with Gasteiger partial charge in [0.25, 0.3) is 0 Å². The predicted molar refractivity (Wildman–Crippen MR) is 58.7 cm³/mol. The lowest BCUT2D eigenvalue weighted by Gasteiger charge is -2.22. The van der Waals surface area contributed by atoms with Crippen LogP contribution in [0.3, 0.4) is 0 Å². The largest absolute Gasteiger partial charge is 0.383 e. The first-order valence-electron chi connectivity index (χ1n) is 5.65. The lowest BCUT2D eigenvalue weighted by molar-refractivity contribution is 0.183. The number of nitrogens with zero attached hydrogens (tertiary/aromatic N) is 2. The van der Waals surface area contributed by atoms with Gasteiger partial charge in [-0.25, -0.2) is 0 Å². The number of hydrogen-bond acceptors (Lipinski definition) is 3. The summed E-state index contributed by atoms with van der Waals surface area (Å²) in [5.41, 5.74) is 1.31. The van der Waals surface area contributed by atoms with Crippen LogP contribution in [-0.4, -0.2) is 30.0 Å². The number of ether oxygens (including phenoxy) is 1. The van der Waals surface area contributed by atoms with Crippen LogP contribution in [0.4, 0.5) is 0 Å². The minimum absolute atomic E-state index is 0.509. The number of piperidine rings is 1. The smallest absolute Gasteiger partial charge is 0.0658 e. The second-order valence-corrected chi connectivity index (χ2v) is 4.03. The lowest BCUT2D eigenvalue weighted by Crippen LogP contribution is -2.26. The van der Waals surface area contributed by atoms with Crippen molar-refractivity contribution in [3.63, 3.8) is 0 Å². The molecule has 1 aliphatic rings. The standard InChI is InChI=1S/C11H19N3O/c1-15-7-6-14-9-10(8-13-14)11-4-2-3-5-12-11/h8-9,11-12H,2-7H2,1H3. The average molecular weight is 209 g/mol. The molecule has 4 heteroatoms. The third kappa shape index (κ3) is 2.79.